The zero-order valence-corrected chi connectivity index (χ0v) is 18.0. The molecule has 2 saturated carbocycles. The van der Waals surface area contributed by atoms with Crippen LogP contribution < -0.4 is 4.74 Å². The molecule has 0 radical (unpaired) electrons. The highest BCUT2D eigenvalue weighted by atomic mass is 19.2. The zero-order chi connectivity index (χ0) is 20.6. The monoisotopic (exact) mass is 402 g/mol. The van der Waals surface area contributed by atoms with Gasteiger partial charge in [0.2, 0.25) is 5.82 Å². The molecule has 0 bridgehead atoms. The van der Waals surface area contributed by atoms with E-state index in [9.17, 15) is 8.78 Å². The van der Waals surface area contributed by atoms with Crippen LogP contribution in [0.25, 0.3) is 0 Å². The lowest BCUT2D eigenvalue weighted by Gasteiger charge is -2.37. The van der Waals surface area contributed by atoms with Crippen molar-refractivity contribution in [3.63, 3.8) is 0 Å². The molecule has 3 rings (SSSR count). The van der Waals surface area contributed by atoms with Gasteiger partial charge < -0.3 is 4.74 Å². The maximum Gasteiger partial charge on any atom is 0.201 e. The first kappa shape index (κ1) is 22.1. The highest BCUT2D eigenvalue weighted by Gasteiger charge is 2.30. The number of aryl methyl sites for hydroxylation is 1. The fraction of sp³-hybridized carbons (Fsp3) is 0.615. The van der Waals surface area contributed by atoms with Gasteiger partial charge in [0, 0.05) is 0 Å². The summed E-state index contributed by atoms with van der Waals surface area (Å²) in [5.74, 6) is 1.57. The Hall–Kier alpha value is -1.64. The molecule has 2 fully saturated rings. The molecular formula is C26H36F2O. The van der Waals surface area contributed by atoms with Gasteiger partial charge in [0.25, 0.3) is 0 Å². The van der Waals surface area contributed by atoms with Gasteiger partial charge in [-0.2, -0.15) is 4.39 Å². The number of ether oxygens (including phenoxy) is 1. The summed E-state index contributed by atoms with van der Waals surface area (Å²) in [5, 5.41) is 0. The standard InChI is InChI=1S/C26H36F2O/c1-3-5-19-6-11-21(12-7-19)22-13-8-20(9-14-22)10-15-23-16-17-24(29-18-4-2)26(28)25(23)27/h3-5,16-22H,6-15H2,1-2H3/b5-3+,18-4+. The van der Waals surface area contributed by atoms with Gasteiger partial charge in [-0.1, -0.05) is 37.1 Å². The first-order chi connectivity index (χ1) is 14.1. The number of hydrogen-bond acceptors (Lipinski definition) is 1. The van der Waals surface area contributed by atoms with Crippen LogP contribution in [0.15, 0.2) is 36.6 Å². The Morgan fingerprint density at radius 3 is 2.14 bits per heavy atom. The van der Waals surface area contributed by atoms with E-state index in [1.165, 1.54) is 63.7 Å². The van der Waals surface area contributed by atoms with Gasteiger partial charge in [0.05, 0.1) is 6.26 Å². The number of halogens is 2. The summed E-state index contributed by atoms with van der Waals surface area (Å²) >= 11 is 0. The van der Waals surface area contributed by atoms with E-state index in [0.717, 1.165) is 24.2 Å². The van der Waals surface area contributed by atoms with E-state index in [1.54, 1.807) is 19.1 Å². The Morgan fingerprint density at radius 2 is 1.52 bits per heavy atom. The molecular weight excluding hydrogens is 366 g/mol. The molecule has 1 aromatic rings. The second-order valence-corrected chi connectivity index (χ2v) is 8.96. The summed E-state index contributed by atoms with van der Waals surface area (Å²) in [6.45, 7) is 3.89. The van der Waals surface area contributed by atoms with Crippen molar-refractivity contribution in [2.75, 3.05) is 0 Å². The molecule has 0 aliphatic heterocycles. The van der Waals surface area contributed by atoms with Crippen molar-refractivity contribution in [3.8, 4) is 5.75 Å². The Morgan fingerprint density at radius 1 is 0.862 bits per heavy atom. The average Bonchev–Trinajstić information content (AvgIpc) is 2.75. The van der Waals surface area contributed by atoms with Crippen molar-refractivity contribution in [2.24, 2.45) is 23.7 Å². The van der Waals surface area contributed by atoms with Gasteiger partial charge in [-0.15, -0.1) is 0 Å². The highest BCUT2D eigenvalue weighted by molar-refractivity contribution is 5.31. The normalized spacial score (nSPS) is 28.3. The fourth-order valence-electron chi connectivity index (χ4n) is 5.39. The largest absolute Gasteiger partial charge is 0.462 e. The van der Waals surface area contributed by atoms with Gasteiger partial charge in [0.15, 0.2) is 11.6 Å². The third-order valence-corrected chi connectivity index (χ3v) is 7.12. The van der Waals surface area contributed by atoms with Crippen LogP contribution in [0.3, 0.4) is 0 Å². The molecule has 0 saturated heterocycles. The maximum absolute atomic E-state index is 14.4. The van der Waals surface area contributed by atoms with Crippen molar-refractivity contribution < 1.29 is 13.5 Å². The lowest BCUT2D eigenvalue weighted by molar-refractivity contribution is 0.152. The molecule has 0 amide bonds. The number of benzene rings is 1. The molecule has 0 aromatic heterocycles. The van der Waals surface area contributed by atoms with E-state index < -0.39 is 11.6 Å². The molecule has 0 spiro atoms. The van der Waals surface area contributed by atoms with Crippen molar-refractivity contribution in [3.05, 3.63) is 53.8 Å². The van der Waals surface area contributed by atoms with E-state index >= 15 is 0 Å². The van der Waals surface area contributed by atoms with Gasteiger partial charge in [0.1, 0.15) is 0 Å². The molecule has 3 heteroatoms. The van der Waals surface area contributed by atoms with Gasteiger partial charge >= 0.3 is 0 Å². The Bertz CT molecular complexity index is 693. The summed E-state index contributed by atoms with van der Waals surface area (Å²) in [5.41, 5.74) is 0.472. The van der Waals surface area contributed by atoms with E-state index in [1.807, 2.05) is 0 Å². The van der Waals surface area contributed by atoms with E-state index in [4.69, 9.17) is 4.74 Å². The van der Waals surface area contributed by atoms with Crippen molar-refractivity contribution in [1.29, 1.82) is 0 Å². The molecule has 160 valence electrons. The van der Waals surface area contributed by atoms with Gasteiger partial charge in [-0.25, -0.2) is 4.39 Å². The summed E-state index contributed by atoms with van der Waals surface area (Å²) in [4.78, 5) is 0. The topological polar surface area (TPSA) is 9.23 Å². The smallest absolute Gasteiger partial charge is 0.201 e. The minimum Gasteiger partial charge on any atom is -0.462 e. The Labute approximate surface area is 175 Å². The Balaban J connectivity index is 1.44. The lowest BCUT2D eigenvalue weighted by Crippen LogP contribution is -2.25. The zero-order valence-electron chi connectivity index (χ0n) is 18.0. The molecule has 1 aromatic carbocycles. The number of hydrogen-bond donors (Lipinski definition) is 0. The fourth-order valence-corrected chi connectivity index (χ4v) is 5.39. The van der Waals surface area contributed by atoms with Crippen molar-refractivity contribution >= 4 is 0 Å². The average molecular weight is 403 g/mol. The summed E-state index contributed by atoms with van der Waals surface area (Å²) in [7, 11) is 0. The van der Waals surface area contributed by atoms with E-state index in [0.29, 0.717) is 17.9 Å². The quantitative estimate of drug-likeness (QED) is 0.331. The maximum atomic E-state index is 14.4. The minimum atomic E-state index is -0.877. The van der Waals surface area contributed by atoms with Crippen LogP contribution in [0.1, 0.15) is 77.2 Å². The first-order valence-electron chi connectivity index (χ1n) is 11.5. The van der Waals surface area contributed by atoms with Crippen LogP contribution in [0, 0.1) is 35.3 Å². The summed E-state index contributed by atoms with van der Waals surface area (Å²) in [6.07, 6.45) is 19.8. The second-order valence-electron chi connectivity index (χ2n) is 8.96. The van der Waals surface area contributed by atoms with Crippen LogP contribution in [0.5, 0.6) is 5.75 Å². The molecule has 0 unspecified atom stereocenters. The van der Waals surface area contributed by atoms with Crippen molar-refractivity contribution in [2.45, 2.75) is 78.1 Å². The molecule has 0 N–H and O–H groups in total. The molecule has 2 aliphatic rings. The van der Waals surface area contributed by atoms with Gasteiger partial charge in [-0.3, -0.25) is 0 Å². The SMILES string of the molecule is C/C=C/Oc1ccc(CCC2CCC(C3CCC(/C=C/C)CC3)CC2)c(F)c1F. The van der Waals surface area contributed by atoms with E-state index in [2.05, 4.69) is 19.1 Å². The summed E-state index contributed by atoms with van der Waals surface area (Å²) < 4.78 is 33.6. The number of allylic oxidation sites excluding steroid dienone is 3. The molecule has 1 nitrogen and oxygen atoms in total. The van der Waals surface area contributed by atoms with Crippen LogP contribution in [-0.2, 0) is 6.42 Å². The van der Waals surface area contributed by atoms with E-state index in [-0.39, 0.29) is 5.75 Å². The van der Waals surface area contributed by atoms with Crippen molar-refractivity contribution in [1.82, 2.24) is 0 Å². The molecule has 0 atom stereocenters. The van der Waals surface area contributed by atoms with Gasteiger partial charge in [-0.05, 0) is 101 Å². The van der Waals surface area contributed by atoms with Crippen LogP contribution >= 0.6 is 0 Å². The predicted molar refractivity (Wildman–Crippen MR) is 116 cm³/mol. The second kappa shape index (κ2) is 10.9. The highest BCUT2D eigenvalue weighted by Crippen LogP contribution is 2.42. The Kier molecular flexibility index (Phi) is 8.32. The number of rotatable bonds is 7. The molecule has 0 heterocycles. The molecule has 29 heavy (non-hydrogen) atoms. The molecule has 2 aliphatic carbocycles. The summed E-state index contributed by atoms with van der Waals surface area (Å²) in [6, 6.07) is 3.21. The van der Waals surface area contributed by atoms with Crippen LogP contribution in [0.4, 0.5) is 8.78 Å². The third-order valence-electron chi connectivity index (χ3n) is 7.12. The van der Waals surface area contributed by atoms with Crippen LogP contribution in [0.2, 0.25) is 0 Å². The first-order valence-corrected chi connectivity index (χ1v) is 11.5. The minimum absolute atomic E-state index is 0.0472. The predicted octanol–water partition coefficient (Wildman–Crippen LogP) is 8.00. The lowest BCUT2D eigenvalue weighted by atomic mass is 9.68. The third kappa shape index (κ3) is 5.93. The van der Waals surface area contributed by atoms with Crippen LogP contribution in [-0.4, -0.2) is 0 Å².